The number of aromatic amines is 1. The lowest BCUT2D eigenvalue weighted by Gasteiger charge is -1.95. The summed E-state index contributed by atoms with van der Waals surface area (Å²) in [5, 5.41) is 0.523. The standard InChI is InChI=1S/C6H5BrClN.C6H6BrNO.CH4.H2O/c1-4-2-3-9-6(8)5(4)7;1-4-2-3-8-6(9)5(4)7;;/h2-3H,1H3;2-3H,1H3,(H,8,9);1H4;1H2. The molecule has 0 aromatic carbocycles. The Balaban J connectivity index is 0. The molecule has 0 fully saturated rings. The predicted molar refractivity (Wildman–Crippen MR) is 91.5 cm³/mol. The van der Waals surface area contributed by atoms with Crippen molar-refractivity contribution < 1.29 is 5.48 Å². The minimum absolute atomic E-state index is 0. The third kappa shape index (κ3) is 6.17. The summed E-state index contributed by atoms with van der Waals surface area (Å²) in [5.41, 5.74) is 1.99. The van der Waals surface area contributed by atoms with Gasteiger partial charge >= 0.3 is 0 Å². The van der Waals surface area contributed by atoms with Crippen molar-refractivity contribution in [3.63, 3.8) is 0 Å². The fraction of sp³-hybridized carbons (Fsp3) is 0.231. The third-order valence-corrected chi connectivity index (χ3v) is 4.63. The maximum Gasteiger partial charge on any atom is 0.262 e. The van der Waals surface area contributed by atoms with Gasteiger partial charge < -0.3 is 10.5 Å². The van der Waals surface area contributed by atoms with Crippen molar-refractivity contribution in [1.29, 1.82) is 0 Å². The monoisotopic (exact) mass is 426 g/mol. The zero-order valence-electron chi connectivity index (χ0n) is 10.3. The van der Waals surface area contributed by atoms with Crippen LogP contribution >= 0.6 is 43.5 Å². The summed E-state index contributed by atoms with van der Waals surface area (Å²) >= 11 is 12.1. The lowest BCUT2D eigenvalue weighted by Crippen LogP contribution is -2.05. The molecule has 2 aromatic heterocycles. The molecule has 2 rings (SSSR count). The van der Waals surface area contributed by atoms with E-state index in [-0.39, 0.29) is 18.5 Å². The molecule has 2 aromatic rings. The molecule has 2 heterocycles. The molecule has 0 aliphatic carbocycles. The molecule has 0 radical (unpaired) electrons. The number of hydrogen-bond donors (Lipinski definition) is 1. The van der Waals surface area contributed by atoms with Gasteiger partial charge in [0.25, 0.3) is 5.56 Å². The van der Waals surface area contributed by atoms with Gasteiger partial charge in [0.15, 0.2) is 0 Å². The number of halogens is 3. The zero-order chi connectivity index (χ0) is 13.7. The first-order chi connectivity index (χ1) is 8.43. The summed E-state index contributed by atoms with van der Waals surface area (Å²) < 4.78 is 1.50. The predicted octanol–water partition coefficient (Wildman–Crippen LogP) is 4.06. The van der Waals surface area contributed by atoms with Gasteiger partial charge in [-0.1, -0.05) is 19.0 Å². The lowest BCUT2D eigenvalue weighted by molar-refractivity contribution is 0.824. The number of hydrogen-bond acceptors (Lipinski definition) is 2. The van der Waals surface area contributed by atoms with Crippen molar-refractivity contribution in [3.8, 4) is 0 Å². The van der Waals surface area contributed by atoms with Crippen LogP contribution in [0.2, 0.25) is 5.15 Å². The van der Waals surface area contributed by atoms with Crippen molar-refractivity contribution >= 4 is 43.5 Å². The minimum atomic E-state index is -0.0741. The molecule has 0 amide bonds. The average molecular weight is 429 g/mol. The van der Waals surface area contributed by atoms with Crippen LogP contribution in [0.15, 0.2) is 38.3 Å². The second-order valence-electron chi connectivity index (χ2n) is 3.54. The fourth-order valence-corrected chi connectivity index (χ4v) is 1.75. The normalized spacial score (nSPS) is 8.65. The van der Waals surface area contributed by atoms with E-state index in [1.165, 1.54) is 0 Å². The Morgan fingerprint density at radius 1 is 1.15 bits per heavy atom. The maximum atomic E-state index is 10.7. The Kier molecular flexibility index (Phi) is 10.9. The van der Waals surface area contributed by atoms with Crippen molar-refractivity contribution in [2.24, 2.45) is 0 Å². The van der Waals surface area contributed by atoms with Crippen molar-refractivity contribution in [2.45, 2.75) is 21.3 Å². The van der Waals surface area contributed by atoms with E-state index in [0.717, 1.165) is 15.6 Å². The van der Waals surface area contributed by atoms with Crippen molar-refractivity contribution in [2.75, 3.05) is 0 Å². The molecule has 112 valence electrons. The van der Waals surface area contributed by atoms with Gasteiger partial charge in [0.05, 0.1) is 8.95 Å². The van der Waals surface area contributed by atoms with Crippen LogP contribution in [0.4, 0.5) is 0 Å². The number of pyridine rings is 2. The van der Waals surface area contributed by atoms with Crippen LogP contribution < -0.4 is 5.56 Å². The SMILES string of the molecule is C.Cc1cc[nH]c(=O)c1Br.Cc1ccnc(Cl)c1Br.O. The van der Waals surface area contributed by atoms with Crippen LogP contribution in [0.3, 0.4) is 0 Å². The van der Waals surface area contributed by atoms with Crippen LogP contribution in [-0.4, -0.2) is 15.4 Å². The summed E-state index contributed by atoms with van der Waals surface area (Å²) in [7, 11) is 0. The molecule has 7 heteroatoms. The molecular formula is C13H17Br2ClN2O2. The molecule has 4 nitrogen and oxygen atoms in total. The van der Waals surface area contributed by atoms with E-state index in [1.54, 1.807) is 12.4 Å². The smallest absolute Gasteiger partial charge is 0.262 e. The number of nitrogens with zero attached hydrogens (tertiary/aromatic N) is 1. The molecule has 0 spiro atoms. The molecule has 20 heavy (non-hydrogen) atoms. The van der Waals surface area contributed by atoms with E-state index < -0.39 is 0 Å². The Bertz CT molecular complexity index is 583. The van der Waals surface area contributed by atoms with Crippen LogP contribution in [0.1, 0.15) is 18.6 Å². The fourth-order valence-electron chi connectivity index (χ4n) is 1.07. The Hall–Kier alpha value is -0.690. The summed E-state index contributed by atoms with van der Waals surface area (Å²) in [6.45, 7) is 3.84. The van der Waals surface area contributed by atoms with Gasteiger partial charge in [0.1, 0.15) is 5.15 Å². The van der Waals surface area contributed by atoms with E-state index in [4.69, 9.17) is 11.6 Å². The first-order valence-electron chi connectivity index (χ1n) is 5.04. The van der Waals surface area contributed by atoms with Gasteiger partial charge in [-0.3, -0.25) is 4.79 Å². The number of nitrogens with one attached hydrogen (secondary N) is 1. The van der Waals surface area contributed by atoms with Crippen LogP contribution in [0.25, 0.3) is 0 Å². The van der Waals surface area contributed by atoms with Crippen LogP contribution in [-0.2, 0) is 0 Å². The summed E-state index contributed by atoms with van der Waals surface area (Å²) in [4.78, 5) is 17.1. The molecule has 0 bridgehead atoms. The molecule has 0 unspecified atom stereocenters. The Morgan fingerprint density at radius 3 is 2.10 bits per heavy atom. The maximum absolute atomic E-state index is 10.7. The molecule has 0 saturated carbocycles. The number of aryl methyl sites for hydroxylation is 2. The minimum Gasteiger partial charge on any atom is -0.412 e. The summed E-state index contributed by atoms with van der Waals surface area (Å²) in [5.74, 6) is 0. The van der Waals surface area contributed by atoms with Gasteiger partial charge in [-0.15, -0.1) is 0 Å². The van der Waals surface area contributed by atoms with Crippen LogP contribution in [0, 0.1) is 13.8 Å². The molecule has 0 atom stereocenters. The highest BCUT2D eigenvalue weighted by Crippen LogP contribution is 2.22. The largest absolute Gasteiger partial charge is 0.412 e. The number of rotatable bonds is 0. The first kappa shape index (κ1) is 21.6. The van der Waals surface area contributed by atoms with Crippen molar-refractivity contribution in [3.05, 3.63) is 60.1 Å². The van der Waals surface area contributed by atoms with E-state index in [2.05, 4.69) is 41.8 Å². The van der Waals surface area contributed by atoms with E-state index in [1.807, 2.05) is 26.0 Å². The van der Waals surface area contributed by atoms with E-state index >= 15 is 0 Å². The zero-order valence-corrected chi connectivity index (χ0v) is 14.2. The molecule has 0 aliphatic heterocycles. The third-order valence-electron chi connectivity index (χ3n) is 2.13. The number of H-pyrrole nitrogens is 1. The van der Waals surface area contributed by atoms with Gasteiger partial charge in [0.2, 0.25) is 0 Å². The first-order valence-corrected chi connectivity index (χ1v) is 7.00. The van der Waals surface area contributed by atoms with Gasteiger partial charge in [0, 0.05) is 12.4 Å². The molecule has 0 aliphatic rings. The highest BCUT2D eigenvalue weighted by molar-refractivity contribution is 9.10. The second-order valence-corrected chi connectivity index (χ2v) is 5.48. The summed E-state index contributed by atoms with van der Waals surface area (Å²) in [6.07, 6.45) is 3.31. The van der Waals surface area contributed by atoms with Gasteiger partial charge in [-0.25, -0.2) is 4.98 Å². The van der Waals surface area contributed by atoms with Crippen LogP contribution in [0.5, 0.6) is 0 Å². The molecule has 3 N–H and O–H groups in total. The highest BCUT2D eigenvalue weighted by Gasteiger charge is 1.97. The Labute approximate surface area is 140 Å². The molecule has 0 saturated heterocycles. The second kappa shape index (κ2) is 10.1. The quantitative estimate of drug-likeness (QED) is 0.642. The van der Waals surface area contributed by atoms with Gasteiger partial charge in [-0.05, 0) is 69.0 Å². The topological polar surface area (TPSA) is 77.2 Å². The van der Waals surface area contributed by atoms with E-state index in [0.29, 0.717) is 9.63 Å². The Morgan fingerprint density at radius 2 is 1.70 bits per heavy atom. The number of aromatic nitrogens is 2. The molecular weight excluding hydrogens is 411 g/mol. The lowest BCUT2D eigenvalue weighted by atomic mass is 10.3. The van der Waals surface area contributed by atoms with Gasteiger partial charge in [-0.2, -0.15) is 0 Å². The van der Waals surface area contributed by atoms with Crippen molar-refractivity contribution in [1.82, 2.24) is 9.97 Å². The average Bonchev–Trinajstić information content (AvgIpc) is 2.34. The summed E-state index contributed by atoms with van der Waals surface area (Å²) in [6, 6.07) is 3.74. The highest BCUT2D eigenvalue weighted by atomic mass is 79.9. The van der Waals surface area contributed by atoms with E-state index in [9.17, 15) is 4.79 Å².